The maximum Gasteiger partial charge on any atom is 0.151 e. The maximum atomic E-state index is 5.96. The summed E-state index contributed by atoms with van der Waals surface area (Å²) in [7, 11) is 1.63. The molecule has 20 heavy (non-hydrogen) atoms. The first-order valence-electron chi connectivity index (χ1n) is 6.47. The Kier molecular flexibility index (Phi) is 5.34. The van der Waals surface area contributed by atoms with Gasteiger partial charge < -0.3 is 10.1 Å². The Bertz CT molecular complexity index is 571. The number of hydrogen-bond donors (Lipinski definition) is 1. The number of ether oxygens (including phenoxy) is 1. The third-order valence-electron chi connectivity index (χ3n) is 2.69. The first-order valence-corrected chi connectivity index (χ1v) is 7.66. The van der Waals surface area contributed by atoms with Crippen molar-refractivity contribution in [2.24, 2.45) is 5.92 Å². The van der Waals surface area contributed by atoms with Crippen molar-refractivity contribution in [1.29, 1.82) is 0 Å². The van der Waals surface area contributed by atoms with E-state index in [2.05, 4.69) is 29.4 Å². The van der Waals surface area contributed by atoms with E-state index in [1.807, 2.05) is 12.1 Å². The zero-order valence-corrected chi connectivity index (χ0v) is 13.4. The van der Waals surface area contributed by atoms with Gasteiger partial charge in [-0.25, -0.2) is 0 Å². The number of aromatic nitrogens is 2. The van der Waals surface area contributed by atoms with E-state index in [-0.39, 0.29) is 0 Å². The van der Waals surface area contributed by atoms with Crippen LogP contribution in [0.5, 0.6) is 5.75 Å². The van der Waals surface area contributed by atoms with E-state index in [0.29, 0.717) is 10.9 Å². The van der Waals surface area contributed by atoms with Gasteiger partial charge in [-0.3, -0.25) is 0 Å². The van der Waals surface area contributed by atoms with Crippen LogP contribution in [-0.2, 0) is 6.54 Å². The molecule has 0 amide bonds. The zero-order valence-electron chi connectivity index (χ0n) is 11.8. The highest BCUT2D eigenvalue weighted by molar-refractivity contribution is 7.14. The predicted molar refractivity (Wildman–Crippen MR) is 83.5 cm³/mol. The van der Waals surface area contributed by atoms with Crippen LogP contribution in [0, 0.1) is 5.92 Å². The lowest BCUT2D eigenvalue weighted by atomic mass is 10.2. The maximum absolute atomic E-state index is 5.96. The fraction of sp³-hybridized carbons (Fsp3) is 0.429. The molecule has 0 aliphatic rings. The average Bonchev–Trinajstić information content (AvgIpc) is 2.86. The van der Waals surface area contributed by atoms with Gasteiger partial charge >= 0.3 is 0 Å². The minimum absolute atomic E-state index is 0.624. The highest BCUT2D eigenvalue weighted by Crippen LogP contribution is 2.33. The van der Waals surface area contributed by atoms with Gasteiger partial charge in [-0.1, -0.05) is 36.8 Å². The molecule has 0 radical (unpaired) electrons. The molecular formula is C14H18ClN3OS. The minimum Gasteiger partial charge on any atom is -0.496 e. The highest BCUT2D eigenvalue weighted by Gasteiger charge is 2.12. The van der Waals surface area contributed by atoms with Gasteiger partial charge in [-0.05, 0) is 30.7 Å². The van der Waals surface area contributed by atoms with Crippen LogP contribution in [0.3, 0.4) is 0 Å². The summed E-state index contributed by atoms with van der Waals surface area (Å²) >= 11 is 7.53. The van der Waals surface area contributed by atoms with Crippen molar-refractivity contribution in [1.82, 2.24) is 15.5 Å². The lowest BCUT2D eigenvalue weighted by Crippen LogP contribution is -2.18. The van der Waals surface area contributed by atoms with Gasteiger partial charge in [0.2, 0.25) is 0 Å². The summed E-state index contributed by atoms with van der Waals surface area (Å²) in [5.74, 6) is 1.34. The Morgan fingerprint density at radius 1 is 1.35 bits per heavy atom. The largest absolute Gasteiger partial charge is 0.496 e. The Morgan fingerprint density at radius 2 is 2.15 bits per heavy atom. The Balaban J connectivity index is 2.12. The summed E-state index contributed by atoms with van der Waals surface area (Å²) < 4.78 is 5.34. The molecule has 0 aliphatic heterocycles. The molecule has 0 aliphatic carbocycles. The summed E-state index contributed by atoms with van der Waals surface area (Å²) in [5, 5.41) is 14.3. The fourth-order valence-corrected chi connectivity index (χ4v) is 2.74. The first-order chi connectivity index (χ1) is 9.60. The number of benzene rings is 1. The minimum atomic E-state index is 0.624. The van der Waals surface area contributed by atoms with Crippen molar-refractivity contribution in [3.63, 3.8) is 0 Å². The molecule has 1 aromatic heterocycles. The van der Waals surface area contributed by atoms with Crippen LogP contribution in [-0.4, -0.2) is 23.9 Å². The molecule has 0 unspecified atom stereocenters. The van der Waals surface area contributed by atoms with E-state index >= 15 is 0 Å². The molecule has 0 saturated carbocycles. The normalized spacial score (nSPS) is 11.1. The summed E-state index contributed by atoms with van der Waals surface area (Å²) in [6, 6.07) is 5.53. The molecule has 1 heterocycles. The van der Waals surface area contributed by atoms with Crippen LogP contribution in [0.2, 0.25) is 5.02 Å². The molecule has 0 fully saturated rings. The highest BCUT2D eigenvalue weighted by atomic mass is 35.5. The molecular weight excluding hydrogens is 294 g/mol. The standard InChI is InChI=1S/C14H18ClN3OS/c1-9(2)7-16-8-13-17-18-14(20-13)11-5-4-10(15)6-12(11)19-3/h4-6,9,16H,7-8H2,1-3H3. The van der Waals surface area contributed by atoms with E-state index in [1.54, 1.807) is 24.5 Å². The smallest absolute Gasteiger partial charge is 0.151 e. The second-order valence-electron chi connectivity index (χ2n) is 4.87. The van der Waals surface area contributed by atoms with E-state index in [9.17, 15) is 0 Å². The molecule has 1 aromatic carbocycles. The zero-order chi connectivity index (χ0) is 14.5. The van der Waals surface area contributed by atoms with Crippen LogP contribution < -0.4 is 10.1 Å². The van der Waals surface area contributed by atoms with Crippen LogP contribution in [0.4, 0.5) is 0 Å². The number of halogens is 1. The molecule has 2 aromatic rings. The van der Waals surface area contributed by atoms with Gasteiger partial charge in [0, 0.05) is 11.6 Å². The molecule has 2 rings (SSSR count). The molecule has 0 bridgehead atoms. The van der Waals surface area contributed by atoms with Crippen molar-refractivity contribution in [3.8, 4) is 16.3 Å². The molecule has 4 nitrogen and oxygen atoms in total. The van der Waals surface area contributed by atoms with Crippen LogP contribution in [0.1, 0.15) is 18.9 Å². The van der Waals surface area contributed by atoms with E-state index in [0.717, 1.165) is 34.4 Å². The van der Waals surface area contributed by atoms with E-state index in [4.69, 9.17) is 16.3 Å². The fourth-order valence-electron chi connectivity index (χ4n) is 1.74. The van der Waals surface area contributed by atoms with Gasteiger partial charge in [0.05, 0.1) is 12.7 Å². The quantitative estimate of drug-likeness (QED) is 0.885. The number of methoxy groups -OCH3 is 1. The summed E-state index contributed by atoms with van der Waals surface area (Å²) in [6.45, 7) is 6.07. The third kappa shape index (κ3) is 3.91. The van der Waals surface area contributed by atoms with Gasteiger partial charge in [0.1, 0.15) is 10.8 Å². The van der Waals surface area contributed by atoms with Crippen LogP contribution in [0.15, 0.2) is 18.2 Å². The average molecular weight is 312 g/mol. The van der Waals surface area contributed by atoms with Crippen molar-refractivity contribution < 1.29 is 4.74 Å². The topological polar surface area (TPSA) is 47.0 Å². The second-order valence-corrected chi connectivity index (χ2v) is 6.37. The van der Waals surface area contributed by atoms with Gasteiger partial charge in [0.15, 0.2) is 5.01 Å². The summed E-state index contributed by atoms with van der Waals surface area (Å²) in [6.07, 6.45) is 0. The van der Waals surface area contributed by atoms with Crippen LogP contribution in [0.25, 0.3) is 10.6 Å². The summed E-state index contributed by atoms with van der Waals surface area (Å²) in [5.41, 5.74) is 0.921. The lowest BCUT2D eigenvalue weighted by molar-refractivity contribution is 0.416. The lowest BCUT2D eigenvalue weighted by Gasteiger charge is -2.05. The number of nitrogens with zero attached hydrogens (tertiary/aromatic N) is 2. The molecule has 0 spiro atoms. The predicted octanol–water partition coefficient (Wildman–Crippen LogP) is 3.61. The molecule has 0 atom stereocenters. The van der Waals surface area contributed by atoms with Crippen molar-refractivity contribution in [2.45, 2.75) is 20.4 Å². The van der Waals surface area contributed by atoms with Gasteiger partial charge in [-0.15, -0.1) is 10.2 Å². The Hall–Kier alpha value is -1.17. The molecule has 108 valence electrons. The molecule has 1 N–H and O–H groups in total. The number of nitrogens with one attached hydrogen (secondary N) is 1. The number of rotatable bonds is 6. The molecule has 0 saturated heterocycles. The SMILES string of the molecule is COc1cc(Cl)ccc1-c1nnc(CNCC(C)C)s1. The van der Waals surface area contributed by atoms with E-state index in [1.165, 1.54) is 0 Å². The van der Waals surface area contributed by atoms with Crippen molar-refractivity contribution >= 4 is 22.9 Å². The van der Waals surface area contributed by atoms with Gasteiger partial charge in [-0.2, -0.15) is 0 Å². The molecule has 6 heteroatoms. The monoisotopic (exact) mass is 311 g/mol. The number of hydrogen-bond acceptors (Lipinski definition) is 5. The second kappa shape index (κ2) is 7.02. The van der Waals surface area contributed by atoms with E-state index < -0.39 is 0 Å². The van der Waals surface area contributed by atoms with Crippen molar-refractivity contribution in [3.05, 3.63) is 28.2 Å². The Morgan fingerprint density at radius 3 is 2.85 bits per heavy atom. The first kappa shape index (κ1) is 15.2. The Labute approximate surface area is 128 Å². The third-order valence-corrected chi connectivity index (χ3v) is 3.88. The summed E-state index contributed by atoms with van der Waals surface area (Å²) in [4.78, 5) is 0. The van der Waals surface area contributed by atoms with Crippen molar-refractivity contribution in [2.75, 3.05) is 13.7 Å². The van der Waals surface area contributed by atoms with Gasteiger partial charge in [0.25, 0.3) is 0 Å². The van der Waals surface area contributed by atoms with Crippen LogP contribution >= 0.6 is 22.9 Å².